The predicted molar refractivity (Wildman–Crippen MR) is 90.5 cm³/mol. The molecule has 0 bridgehead atoms. The number of nitrogens with one attached hydrogen (secondary N) is 1. The number of carbonyl (C=O) groups excluding carboxylic acids is 1. The van der Waals surface area contributed by atoms with E-state index in [4.69, 9.17) is 9.47 Å². The van der Waals surface area contributed by atoms with Crippen LogP contribution in [0.1, 0.15) is 24.5 Å². The van der Waals surface area contributed by atoms with E-state index in [1.54, 1.807) is 13.1 Å². The fraction of sp³-hybridized carbons (Fsp3) is 0.294. The molecule has 0 fully saturated rings. The Hall–Kier alpha value is -2.08. The van der Waals surface area contributed by atoms with Crippen molar-refractivity contribution >= 4 is 21.9 Å². The minimum absolute atomic E-state index is 0.230. The van der Waals surface area contributed by atoms with Crippen LogP contribution in [0.5, 0.6) is 5.75 Å². The Kier molecular flexibility index (Phi) is 6.40. The van der Waals surface area contributed by atoms with Gasteiger partial charge in [-0.2, -0.15) is 0 Å². The number of esters is 1. The van der Waals surface area contributed by atoms with Gasteiger partial charge in [-0.3, -0.25) is 9.59 Å². The summed E-state index contributed by atoms with van der Waals surface area (Å²) >= 11 is 3.26. The molecule has 0 aliphatic carbocycles. The van der Waals surface area contributed by atoms with Crippen molar-refractivity contribution in [2.24, 2.45) is 0 Å². The van der Waals surface area contributed by atoms with Gasteiger partial charge in [0.2, 0.25) is 0 Å². The lowest BCUT2D eigenvalue weighted by Crippen LogP contribution is -2.12. The summed E-state index contributed by atoms with van der Waals surface area (Å²) in [6, 6.07) is 9.66. The van der Waals surface area contributed by atoms with Gasteiger partial charge in [-0.1, -0.05) is 30.3 Å². The molecule has 1 N–H and O–H groups in total. The molecule has 0 saturated heterocycles. The molecule has 0 amide bonds. The molecule has 23 heavy (non-hydrogen) atoms. The topological polar surface area (TPSA) is 68.4 Å². The van der Waals surface area contributed by atoms with Crippen LogP contribution >= 0.6 is 15.9 Å². The number of hydrogen-bond acceptors (Lipinski definition) is 4. The van der Waals surface area contributed by atoms with E-state index >= 15 is 0 Å². The third-order valence-corrected chi connectivity index (χ3v) is 3.92. The van der Waals surface area contributed by atoms with Crippen LogP contribution in [0.3, 0.4) is 0 Å². The molecule has 5 nitrogen and oxygen atoms in total. The van der Waals surface area contributed by atoms with Crippen LogP contribution in [0.25, 0.3) is 0 Å². The Balaban J connectivity index is 2.14. The second-order valence-electron chi connectivity index (χ2n) is 4.87. The molecule has 0 spiro atoms. The highest BCUT2D eigenvalue weighted by atomic mass is 79.9. The summed E-state index contributed by atoms with van der Waals surface area (Å²) in [4.78, 5) is 25.9. The van der Waals surface area contributed by atoms with Crippen molar-refractivity contribution in [1.82, 2.24) is 4.98 Å². The molecule has 0 atom stereocenters. The fourth-order valence-electron chi connectivity index (χ4n) is 2.07. The van der Waals surface area contributed by atoms with E-state index in [1.807, 2.05) is 30.3 Å². The molecule has 1 aromatic heterocycles. The van der Waals surface area contributed by atoms with E-state index in [1.165, 1.54) is 0 Å². The first-order chi connectivity index (χ1) is 11.1. The van der Waals surface area contributed by atoms with Crippen LogP contribution in [0.15, 0.2) is 45.8 Å². The standard InChI is InChI=1S/C17H18BrNO4/c1-2-22-14(20)9-8-13-10-19-17(21)15(18)16(13)23-11-12-6-4-3-5-7-12/h3-7,10H,2,8-9,11H2,1H3,(H,19,21). The van der Waals surface area contributed by atoms with Gasteiger partial charge in [0.25, 0.3) is 5.56 Å². The lowest BCUT2D eigenvalue weighted by atomic mass is 10.1. The monoisotopic (exact) mass is 379 g/mol. The Bertz CT molecular complexity index is 712. The lowest BCUT2D eigenvalue weighted by Gasteiger charge is -2.13. The zero-order chi connectivity index (χ0) is 16.7. The van der Waals surface area contributed by atoms with Crippen molar-refractivity contribution in [1.29, 1.82) is 0 Å². The second kappa shape index (κ2) is 8.53. The molecule has 0 radical (unpaired) electrons. The number of H-pyrrole nitrogens is 1. The van der Waals surface area contributed by atoms with Gasteiger partial charge >= 0.3 is 5.97 Å². The van der Waals surface area contributed by atoms with E-state index < -0.39 is 0 Å². The molecule has 6 heteroatoms. The average molecular weight is 380 g/mol. The minimum Gasteiger partial charge on any atom is -0.487 e. The molecule has 0 saturated carbocycles. The molecule has 0 unspecified atom stereocenters. The van der Waals surface area contributed by atoms with Gasteiger partial charge in [0.15, 0.2) is 0 Å². The second-order valence-corrected chi connectivity index (χ2v) is 5.66. The first-order valence-corrected chi connectivity index (χ1v) is 8.13. The Morgan fingerprint density at radius 3 is 2.70 bits per heavy atom. The average Bonchev–Trinajstić information content (AvgIpc) is 2.56. The smallest absolute Gasteiger partial charge is 0.306 e. The summed E-state index contributed by atoms with van der Waals surface area (Å²) in [6.07, 6.45) is 2.24. The third kappa shape index (κ3) is 4.96. The maximum Gasteiger partial charge on any atom is 0.306 e. The molecule has 2 aromatic rings. The first-order valence-electron chi connectivity index (χ1n) is 7.34. The Labute approximate surface area is 142 Å². The fourth-order valence-corrected chi connectivity index (χ4v) is 2.55. The lowest BCUT2D eigenvalue weighted by molar-refractivity contribution is -0.143. The van der Waals surface area contributed by atoms with Gasteiger partial charge in [-0.05, 0) is 34.8 Å². The van der Waals surface area contributed by atoms with E-state index in [2.05, 4.69) is 20.9 Å². The molecule has 122 valence electrons. The predicted octanol–water partition coefficient (Wildman–Crippen LogP) is 3.21. The number of ether oxygens (including phenoxy) is 2. The van der Waals surface area contributed by atoms with Crippen molar-refractivity contribution in [2.45, 2.75) is 26.4 Å². The molecular weight excluding hydrogens is 362 g/mol. The number of rotatable bonds is 7. The third-order valence-electron chi connectivity index (χ3n) is 3.20. The van der Waals surface area contributed by atoms with Crippen molar-refractivity contribution in [3.8, 4) is 5.75 Å². The zero-order valence-electron chi connectivity index (χ0n) is 12.8. The molecule has 1 aromatic carbocycles. The Morgan fingerprint density at radius 1 is 1.26 bits per heavy atom. The van der Waals surface area contributed by atoms with E-state index in [0.29, 0.717) is 29.9 Å². The summed E-state index contributed by atoms with van der Waals surface area (Å²) in [5.74, 6) is 0.186. The highest BCUT2D eigenvalue weighted by molar-refractivity contribution is 9.10. The number of aromatic amines is 1. The van der Waals surface area contributed by atoms with Crippen LogP contribution in [0.2, 0.25) is 0 Å². The SMILES string of the molecule is CCOC(=O)CCc1c[nH]c(=O)c(Br)c1OCc1ccccc1. The molecular formula is C17H18BrNO4. The maximum absolute atomic E-state index is 11.8. The number of pyridine rings is 1. The van der Waals surface area contributed by atoms with Crippen molar-refractivity contribution < 1.29 is 14.3 Å². The molecule has 1 heterocycles. The Morgan fingerprint density at radius 2 is 2.00 bits per heavy atom. The summed E-state index contributed by atoms with van der Waals surface area (Å²) in [7, 11) is 0. The highest BCUT2D eigenvalue weighted by Gasteiger charge is 2.14. The summed E-state index contributed by atoms with van der Waals surface area (Å²) in [6.45, 7) is 2.46. The molecule has 0 aliphatic heterocycles. The van der Waals surface area contributed by atoms with E-state index in [-0.39, 0.29) is 17.9 Å². The number of carbonyl (C=O) groups is 1. The summed E-state index contributed by atoms with van der Waals surface area (Å²) in [5.41, 5.74) is 1.48. The van der Waals surface area contributed by atoms with Crippen molar-refractivity contribution in [3.63, 3.8) is 0 Å². The van der Waals surface area contributed by atoms with Crippen LogP contribution < -0.4 is 10.3 Å². The zero-order valence-corrected chi connectivity index (χ0v) is 14.4. The van der Waals surface area contributed by atoms with Crippen LogP contribution in [-0.4, -0.2) is 17.6 Å². The van der Waals surface area contributed by atoms with E-state index in [9.17, 15) is 9.59 Å². The highest BCUT2D eigenvalue weighted by Crippen LogP contribution is 2.27. The van der Waals surface area contributed by atoms with Gasteiger partial charge in [0.05, 0.1) is 6.61 Å². The molecule has 2 rings (SSSR count). The van der Waals surface area contributed by atoms with E-state index in [0.717, 1.165) is 11.1 Å². The van der Waals surface area contributed by atoms with Gasteiger partial charge in [-0.15, -0.1) is 0 Å². The minimum atomic E-state index is -0.274. The number of halogens is 1. The van der Waals surface area contributed by atoms with Crippen molar-refractivity contribution in [3.05, 3.63) is 62.5 Å². The number of hydrogen-bond donors (Lipinski definition) is 1. The summed E-state index contributed by atoms with van der Waals surface area (Å²) in [5, 5.41) is 0. The van der Waals surface area contributed by atoms with Crippen LogP contribution in [0, 0.1) is 0 Å². The number of benzene rings is 1. The summed E-state index contributed by atoms with van der Waals surface area (Å²) < 4.78 is 11.1. The maximum atomic E-state index is 11.8. The van der Waals surface area contributed by atoms with Crippen molar-refractivity contribution in [2.75, 3.05) is 6.61 Å². The van der Waals surface area contributed by atoms with Gasteiger partial charge in [-0.25, -0.2) is 0 Å². The van der Waals surface area contributed by atoms with Gasteiger partial charge in [0.1, 0.15) is 16.8 Å². The van der Waals surface area contributed by atoms with Gasteiger partial charge in [0, 0.05) is 18.2 Å². The molecule has 0 aliphatic rings. The number of aryl methyl sites for hydroxylation is 1. The largest absolute Gasteiger partial charge is 0.487 e. The van der Waals surface area contributed by atoms with Crippen LogP contribution in [0.4, 0.5) is 0 Å². The van der Waals surface area contributed by atoms with Crippen LogP contribution in [-0.2, 0) is 22.6 Å². The first kappa shape index (κ1) is 17.3. The normalized spacial score (nSPS) is 10.3. The quantitative estimate of drug-likeness (QED) is 0.749. The van der Waals surface area contributed by atoms with Gasteiger partial charge < -0.3 is 14.5 Å². The number of aromatic nitrogens is 1.